The standard InChI is InChI=1S/C12H17N7S/c1-4-6-13-9-16-10(19(2)3)18-12(17-9)20-11-14-7-5-8-15-11/h5,7-8H,4,6H2,1-3H3,(H,13,16,17,18). The van der Waals surface area contributed by atoms with Crippen LogP contribution in [0.3, 0.4) is 0 Å². The zero-order chi connectivity index (χ0) is 14.4. The van der Waals surface area contributed by atoms with Gasteiger partial charge in [-0.2, -0.15) is 15.0 Å². The Morgan fingerprint density at radius 1 is 1.10 bits per heavy atom. The van der Waals surface area contributed by atoms with E-state index in [1.165, 1.54) is 11.8 Å². The van der Waals surface area contributed by atoms with Gasteiger partial charge < -0.3 is 10.2 Å². The molecule has 1 N–H and O–H groups in total. The van der Waals surface area contributed by atoms with Crippen LogP contribution in [0.2, 0.25) is 0 Å². The highest BCUT2D eigenvalue weighted by atomic mass is 32.2. The van der Waals surface area contributed by atoms with E-state index in [-0.39, 0.29) is 0 Å². The zero-order valence-electron chi connectivity index (χ0n) is 11.7. The van der Waals surface area contributed by atoms with Crippen molar-refractivity contribution in [1.29, 1.82) is 0 Å². The van der Waals surface area contributed by atoms with Crippen LogP contribution < -0.4 is 10.2 Å². The Bertz CT molecular complexity index is 547. The molecule has 0 fully saturated rings. The minimum Gasteiger partial charge on any atom is -0.354 e. The SMILES string of the molecule is CCCNc1nc(Sc2ncccn2)nc(N(C)C)n1. The Labute approximate surface area is 122 Å². The van der Waals surface area contributed by atoms with Crippen LogP contribution in [0.1, 0.15) is 13.3 Å². The van der Waals surface area contributed by atoms with Crippen LogP contribution in [-0.4, -0.2) is 45.6 Å². The highest BCUT2D eigenvalue weighted by Gasteiger charge is 2.10. The van der Waals surface area contributed by atoms with E-state index in [0.29, 0.717) is 22.2 Å². The molecule has 2 aromatic rings. The van der Waals surface area contributed by atoms with Gasteiger partial charge in [0.15, 0.2) is 5.16 Å². The van der Waals surface area contributed by atoms with Gasteiger partial charge in [0.1, 0.15) is 0 Å². The predicted octanol–water partition coefficient (Wildman–Crippen LogP) is 1.70. The highest BCUT2D eigenvalue weighted by Crippen LogP contribution is 2.22. The number of nitrogens with zero attached hydrogens (tertiary/aromatic N) is 6. The first kappa shape index (κ1) is 14.4. The van der Waals surface area contributed by atoms with E-state index in [4.69, 9.17) is 0 Å². The Kier molecular flexibility index (Phi) is 5.05. The topological polar surface area (TPSA) is 79.7 Å². The molecule has 8 heteroatoms. The van der Waals surface area contributed by atoms with Crippen molar-refractivity contribution in [2.45, 2.75) is 23.7 Å². The maximum absolute atomic E-state index is 4.38. The quantitative estimate of drug-likeness (QED) is 0.806. The summed E-state index contributed by atoms with van der Waals surface area (Å²) in [6.45, 7) is 2.91. The molecule has 20 heavy (non-hydrogen) atoms. The molecule has 0 bridgehead atoms. The van der Waals surface area contributed by atoms with E-state index in [2.05, 4.69) is 37.2 Å². The van der Waals surface area contributed by atoms with Crippen molar-refractivity contribution < 1.29 is 0 Å². The molecule has 0 radical (unpaired) electrons. The molecule has 0 spiro atoms. The maximum atomic E-state index is 4.38. The van der Waals surface area contributed by atoms with E-state index in [1.807, 2.05) is 19.0 Å². The predicted molar refractivity (Wildman–Crippen MR) is 79.1 cm³/mol. The van der Waals surface area contributed by atoms with Gasteiger partial charge in [-0.05, 0) is 24.2 Å². The molecule has 2 aromatic heterocycles. The van der Waals surface area contributed by atoms with Gasteiger partial charge in [-0.3, -0.25) is 0 Å². The maximum Gasteiger partial charge on any atom is 0.230 e. The minimum atomic E-state index is 0.573. The summed E-state index contributed by atoms with van der Waals surface area (Å²) >= 11 is 1.32. The van der Waals surface area contributed by atoms with Crippen molar-refractivity contribution >= 4 is 23.7 Å². The second-order valence-electron chi connectivity index (χ2n) is 4.20. The third kappa shape index (κ3) is 4.02. The summed E-state index contributed by atoms with van der Waals surface area (Å²) in [5.41, 5.74) is 0. The van der Waals surface area contributed by atoms with Gasteiger partial charge >= 0.3 is 0 Å². The van der Waals surface area contributed by atoms with E-state index in [0.717, 1.165) is 13.0 Å². The van der Waals surface area contributed by atoms with Crippen molar-refractivity contribution in [3.8, 4) is 0 Å². The summed E-state index contributed by atoms with van der Waals surface area (Å²) in [4.78, 5) is 23.3. The number of anilines is 2. The molecule has 0 aliphatic rings. The third-order valence-corrected chi connectivity index (χ3v) is 3.02. The smallest absolute Gasteiger partial charge is 0.230 e. The average Bonchev–Trinajstić information content (AvgIpc) is 2.46. The van der Waals surface area contributed by atoms with Crippen molar-refractivity contribution in [3.05, 3.63) is 18.5 Å². The van der Waals surface area contributed by atoms with Crippen molar-refractivity contribution in [1.82, 2.24) is 24.9 Å². The lowest BCUT2D eigenvalue weighted by molar-refractivity contribution is 0.846. The van der Waals surface area contributed by atoms with Gasteiger partial charge in [0.2, 0.25) is 17.1 Å². The largest absolute Gasteiger partial charge is 0.354 e. The van der Waals surface area contributed by atoms with Crippen molar-refractivity contribution in [2.75, 3.05) is 30.9 Å². The molecular weight excluding hydrogens is 274 g/mol. The molecule has 0 unspecified atom stereocenters. The zero-order valence-corrected chi connectivity index (χ0v) is 12.6. The van der Waals surface area contributed by atoms with Gasteiger partial charge in [0.25, 0.3) is 0 Å². The lowest BCUT2D eigenvalue weighted by Crippen LogP contribution is -2.16. The van der Waals surface area contributed by atoms with Gasteiger partial charge in [0, 0.05) is 33.0 Å². The average molecular weight is 291 g/mol. The molecule has 0 aromatic carbocycles. The molecule has 7 nitrogen and oxygen atoms in total. The van der Waals surface area contributed by atoms with E-state index >= 15 is 0 Å². The fourth-order valence-electron chi connectivity index (χ4n) is 1.33. The van der Waals surface area contributed by atoms with Crippen molar-refractivity contribution in [2.24, 2.45) is 0 Å². The Hall–Kier alpha value is -1.96. The molecule has 106 valence electrons. The Balaban J connectivity index is 2.24. The molecule has 2 rings (SSSR count). The molecule has 0 amide bonds. The van der Waals surface area contributed by atoms with Crippen LogP contribution in [0, 0.1) is 0 Å². The third-order valence-electron chi connectivity index (χ3n) is 2.26. The minimum absolute atomic E-state index is 0.573. The summed E-state index contributed by atoms with van der Waals surface area (Å²) in [7, 11) is 3.79. The summed E-state index contributed by atoms with van der Waals surface area (Å²) < 4.78 is 0. The van der Waals surface area contributed by atoms with Crippen LogP contribution in [0.4, 0.5) is 11.9 Å². The summed E-state index contributed by atoms with van der Waals surface area (Å²) in [5.74, 6) is 1.18. The molecule has 2 heterocycles. The number of hydrogen-bond donors (Lipinski definition) is 1. The molecule has 0 aliphatic carbocycles. The van der Waals surface area contributed by atoms with Gasteiger partial charge in [-0.25, -0.2) is 9.97 Å². The van der Waals surface area contributed by atoms with Crippen LogP contribution in [0.15, 0.2) is 28.8 Å². The first-order valence-electron chi connectivity index (χ1n) is 6.31. The molecule has 0 atom stereocenters. The van der Waals surface area contributed by atoms with Crippen LogP contribution >= 0.6 is 11.8 Å². The van der Waals surface area contributed by atoms with Crippen LogP contribution in [-0.2, 0) is 0 Å². The van der Waals surface area contributed by atoms with Gasteiger partial charge in [-0.1, -0.05) is 6.92 Å². The summed E-state index contributed by atoms with van der Waals surface area (Å²) in [6, 6.07) is 1.77. The normalized spacial score (nSPS) is 10.3. The fraction of sp³-hybridized carbons (Fsp3) is 0.417. The number of rotatable bonds is 6. The Morgan fingerprint density at radius 3 is 2.50 bits per heavy atom. The first-order valence-corrected chi connectivity index (χ1v) is 7.13. The number of nitrogens with one attached hydrogen (secondary N) is 1. The van der Waals surface area contributed by atoms with Gasteiger partial charge in [-0.15, -0.1) is 0 Å². The van der Waals surface area contributed by atoms with Gasteiger partial charge in [0.05, 0.1) is 0 Å². The summed E-state index contributed by atoms with van der Waals surface area (Å²) in [6.07, 6.45) is 4.40. The molecular formula is C12H17N7S. The number of aromatic nitrogens is 5. The first-order chi connectivity index (χ1) is 9.69. The molecule has 0 saturated heterocycles. The Morgan fingerprint density at radius 2 is 1.85 bits per heavy atom. The van der Waals surface area contributed by atoms with Crippen molar-refractivity contribution in [3.63, 3.8) is 0 Å². The van der Waals surface area contributed by atoms with Crippen LogP contribution in [0.5, 0.6) is 0 Å². The van der Waals surface area contributed by atoms with E-state index in [1.54, 1.807) is 18.5 Å². The van der Waals surface area contributed by atoms with E-state index in [9.17, 15) is 0 Å². The molecule has 0 aliphatic heterocycles. The van der Waals surface area contributed by atoms with E-state index < -0.39 is 0 Å². The highest BCUT2D eigenvalue weighted by molar-refractivity contribution is 7.99. The number of hydrogen-bond acceptors (Lipinski definition) is 8. The fourth-order valence-corrected chi connectivity index (χ4v) is 1.98. The molecule has 0 saturated carbocycles. The second kappa shape index (κ2) is 6.99. The monoisotopic (exact) mass is 291 g/mol. The van der Waals surface area contributed by atoms with Crippen LogP contribution in [0.25, 0.3) is 0 Å². The lowest BCUT2D eigenvalue weighted by atomic mass is 10.5. The lowest BCUT2D eigenvalue weighted by Gasteiger charge is -2.12. The summed E-state index contributed by atoms with van der Waals surface area (Å²) in [5, 5.41) is 4.37. The second-order valence-corrected chi connectivity index (χ2v) is 5.13.